The van der Waals surface area contributed by atoms with Crippen molar-refractivity contribution in [1.29, 1.82) is 0 Å². The number of piperidine rings is 1. The molecular formula is C15H21N3O4. The fraction of sp³-hybridized carbons (Fsp3) is 0.600. The van der Waals surface area contributed by atoms with E-state index in [2.05, 4.69) is 9.97 Å². The van der Waals surface area contributed by atoms with Gasteiger partial charge in [-0.1, -0.05) is 0 Å². The second kappa shape index (κ2) is 8.31. The minimum absolute atomic E-state index is 0.0412. The Morgan fingerprint density at radius 1 is 1.36 bits per heavy atom. The van der Waals surface area contributed by atoms with Gasteiger partial charge in [0, 0.05) is 25.4 Å². The molecule has 1 unspecified atom stereocenters. The predicted octanol–water partition coefficient (Wildman–Crippen LogP) is 1.19. The zero-order chi connectivity index (χ0) is 15.8. The number of carbonyl (C=O) groups is 2. The Bertz CT molecular complexity index is 495. The molecule has 1 aromatic heterocycles. The van der Waals surface area contributed by atoms with Crippen molar-refractivity contribution in [3.8, 4) is 5.88 Å². The number of amides is 1. The molecule has 0 N–H and O–H groups in total. The number of esters is 1. The molecular weight excluding hydrogens is 286 g/mol. The fourth-order valence-electron chi connectivity index (χ4n) is 2.38. The maximum absolute atomic E-state index is 12.1. The lowest BCUT2D eigenvalue weighted by molar-refractivity contribution is -0.146. The van der Waals surface area contributed by atoms with E-state index >= 15 is 0 Å². The average molecular weight is 307 g/mol. The molecule has 0 aliphatic carbocycles. The number of likely N-dealkylation sites (tertiary alicyclic amines) is 1. The minimum Gasteiger partial charge on any atom is -0.471 e. The van der Waals surface area contributed by atoms with Crippen molar-refractivity contribution >= 4 is 11.9 Å². The minimum atomic E-state index is -0.333. The van der Waals surface area contributed by atoms with Gasteiger partial charge in [0.2, 0.25) is 11.8 Å². The Morgan fingerprint density at radius 3 is 2.95 bits per heavy atom. The van der Waals surface area contributed by atoms with Crippen LogP contribution in [-0.4, -0.2) is 52.5 Å². The first kappa shape index (κ1) is 16.2. The Hall–Kier alpha value is -2.18. The van der Waals surface area contributed by atoms with Crippen LogP contribution in [-0.2, 0) is 14.3 Å². The van der Waals surface area contributed by atoms with E-state index in [0.717, 1.165) is 12.8 Å². The highest BCUT2D eigenvalue weighted by atomic mass is 16.5. The summed E-state index contributed by atoms with van der Waals surface area (Å²) in [5.74, 6) is 0.0917. The summed E-state index contributed by atoms with van der Waals surface area (Å²) < 4.78 is 10.6. The number of carbonyl (C=O) groups excluding carboxylic acids is 2. The highest BCUT2D eigenvalue weighted by Gasteiger charge is 2.25. The zero-order valence-electron chi connectivity index (χ0n) is 12.7. The number of aromatic nitrogens is 2. The van der Waals surface area contributed by atoms with Gasteiger partial charge in [0.25, 0.3) is 0 Å². The van der Waals surface area contributed by atoms with Gasteiger partial charge in [0.1, 0.15) is 6.10 Å². The van der Waals surface area contributed by atoms with Crippen LogP contribution in [0.15, 0.2) is 18.6 Å². The largest absolute Gasteiger partial charge is 0.471 e. The van der Waals surface area contributed by atoms with Crippen molar-refractivity contribution in [3.05, 3.63) is 18.6 Å². The van der Waals surface area contributed by atoms with Gasteiger partial charge >= 0.3 is 5.97 Å². The van der Waals surface area contributed by atoms with Crippen molar-refractivity contribution in [2.24, 2.45) is 0 Å². The first-order valence-corrected chi connectivity index (χ1v) is 7.55. The van der Waals surface area contributed by atoms with E-state index in [1.807, 2.05) is 0 Å². The molecule has 1 aromatic rings. The van der Waals surface area contributed by atoms with Gasteiger partial charge in [-0.05, 0) is 19.8 Å². The number of ether oxygens (including phenoxy) is 2. The maximum Gasteiger partial charge on any atom is 0.306 e. The molecule has 120 valence electrons. The van der Waals surface area contributed by atoms with Crippen LogP contribution in [0.3, 0.4) is 0 Å². The Kier molecular flexibility index (Phi) is 6.12. The van der Waals surface area contributed by atoms with E-state index in [0.29, 0.717) is 25.6 Å². The monoisotopic (exact) mass is 307 g/mol. The summed E-state index contributed by atoms with van der Waals surface area (Å²) in [7, 11) is 0. The average Bonchev–Trinajstić information content (AvgIpc) is 2.54. The SMILES string of the molecule is CCOC(=O)CCC(=O)N1CCCC(Oc2cnccn2)C1. The summed E-state index contributed by atoms with van der Waals surface area (Å²) in [6.07, 6.45) is 6.67. The molecule has 1 aliphatic heterocycles. The molecule has 0 radical (unpaired) electrons. The van der Waals surface area contributed by atoms with E-state index in [1.165, 1.54) is 0 Å². The molecule has 22 heavy (non-hydrogen) atoms. The number of rotatable bonds is 6. The quantitative estimate of drug-likeness (QED) is 0.734. The number of hydrogen-bond acceptors (Lipinski definition) is 6. The molecule has 2 rings (SSSR count). The molecule has 2 heterocycles. The van der Waals surface area contributed by atoms with Gasteiger partial charge < -0.3 is 14.4 Å². The highest BCUT2D eigenvalue weighted by Crippen LogP contribution is 2.17. The lowest BCUT2D eigenvalue weighted by Crippen LogP contribution is -2.44. The molecule has 0 spiro atoms. The van der Waals surface area contributed by atoms with Crippen LogP contribution in [0.25, 0.3) is 0 Å². The molecule has 0 saturated carbocycles. The third-order valence-corrected chi connectivity index (χ3v) is 3.41. The summed E-state index contributed by atoms with van der Waals surface area (Å²) in [6.45, 7) is 3.30. The van der Waals surface area contributed by atoms with Crippen LogP contribution < -0.4 is 4.74 Å². The van der Waals surface area contributed by atoms with Crippen molar-refractivity contribution in [2.75, 3.05) is 19.7 Å². The van der Waals surface area contributed by atoms with Crippen LogP contribution in [0.5, 0.6) is 5.88 Å². The third kappa shape index (κ3) is 4.98. The first-order valence-electron chi connectivity index (χ1n) is 7.55. The van der Waals surface area contributed by atoms with Crippen molar-refractivity contribution in [1.82, 2.24) is 14.9 Å². The summed E-state index contributed by atoms with van der Waals surface area (Å²) in [6, 6.07) is 0. The second-order valence-corrected chi connectivity index (χ2v) is 5.07. The van der Waals surface area contributed by atoms with Gasteiger partial charge in [-0.25, -0.2) is 4.98 Å². The van der Waals surface area contributed by atoms with Crippen molar-refractivity contribution in [2.45, 2.75) is 38.7 Å². The molecule has 7 nitrogen and oxygen atoms in total. The number of hydrogen-bond donors (Lipinski definition) is 0. The van der Waals surface area contributed by atoms with Crippen LogP contribution in [0, 0.1) is 0 Å². The lowest BCUT2D eigenvalue weighted by Gasteiger charge is -2.32. The zero-order valence-corrected chi connectivity index (χ0v) is 12.7. The van der Waals surface area contributed by atoms with Gasteiger partial charge in [0.05, 0.1) is 25.8 Å². The summed E-state index contributed by atoms with van der Waals surface area (Å²) in [5, 5.41) is 0. The molecule has 0 aromatic carbocycles. The van der Waals surface area contributed by atoms with Crippen molar-refractivity contribution in [3.63, 3.8) is 0 Å². The topological polar surface area (TPSA) is 81.6 Å². The molecule has 1 fully saturated rings. The number of nitrogens with zero attached hydrogens (tertiary/aromatic N) is 3. The van der Waals surface area contributed by atoms with Gasteiger partial charge in [0.15, 0.2) is 0 Å². The Morgan fingerprint density at radius 2 is 2.23 bits per heavy atom. The van der Waals surface area contributed by atoms with Gasteiger partial charge in [-0.15, -0.1) is 0 Å². The van der Waals surface area contributed by atoms with E-state index in [1.54, 1.807) is 30.4 Å². The van der Waals surface area contributed by atoms with Crippen molar-refractivity contribution < 1.29 is 19.1 Å². The molecule has 0 bridgehead atoms. The van der Waals surface area contributed by atoms with Crippen LogP contribution in [0.4, 0.5) is 0 Å². The smallest absolute Gasteiger partial charge is 0.306 e. The predicted molar refractivity (Wildman–Crippen MR) is 78.1 cm³/mol. The van der Waals surface area contributed by atoms with Gasteiger partial charge in [-0.3, -0.25) is 14.6 Å². The molecule has 1 saturated heterocycles. The Balaban J connectivity index is 1.79. The first-order chi connectivity index (χ1) is 10.7. The van der Waals surface area contributed by atoms with E-state index in [4.69, 9.17) is 9.47 Å². The Labute approximate surface area is 129 Å². The van der Waals surface area contributed by atoms with Crippen LogP contribution in [0.1, 0.15) is 32.6 Å². The molecule has 1 atom stereocenters. The van der Waals surface area contributed by atoms with E-state index in [9.17, 15) is 9.59 Å². The lowest BCUT2D eigenvalue weighted by atomic mass is 10.1. The maximum atomic E-state index is 12.1. The fourth-order valence-corrected chi connectivity index (χ4v) is 2.38. The third-order valence-electron chi connectivity index (χ3n) is 3.41. The van der Waals surface area contributed by atoms with Crippen LogP contribution in [0.2, 0.25) is 0 Å². The van der Waals surface area contributed by atoms with E-state index < -0.39 is 0 Å². The normalized spacial score (nSPS) is 17.9. The molecule has 1 aliphatic rings. The molecule has 1 amide bonds. The van der Waals surface area contributed by atoms with Crippen LogP contribution >= 0.6 is 0 Å². The summed E-state index contributed by atoms with van der Waals surface area (Å²) in [5.41, 5.74) is 0. The summed E-state index contributed by atoms with van der Waals surface area (Å²) >= 11 is 0. The second-order valence-electron chi connectivity index (χ2n) is 5.07. The van der Waals surface area contributed by atoms with E-state index in [-0.39, 0.29) is 30.8 Å². The standard InChI is InChI=1S/C15H21N3O4/c1-2-21-15(20)6-5-14(19)18-9-3-4-12(11-18)22-13-10-16-7-8-17-13/h7-8,10,12H,2-6,9,11H2,1H3. The van der Waals surface area contributed by atoms with Gasteiger partial charge in [-0.2, -0.15) is 0 Å². The molecule has 7 heteroatoms. The highest BCUT2D eigenvalue weighted by molar-refractivity contribution is 5.81. The summed E-state index contributed by atoms with van der Waals surface area (Å²) in [4.78, 5) is 33.2.